The highest BCUT2D eigenvalue weighted by Gasteiger charge is 2.27. The van der Waals surface area contributed by atoms with Crippen LogP contribution in [0.3, 0.4) is 0 Å². The first-order valence-electron chi connectivity index (χ1n) is 8.99. The molecule has 2 rings (SSSR count). The molecule has 4 nitrogen and oxygen atoms in total. The van der Waals surface area contributed by atoms with E-state index >= 15 is 0 Å². The van der Waals surface area contributed by atoms with Gasteiger partial charge in [0.05, 0.1) is 5.54 Å². The van der Waals surface area contributed by atoms with Gasteiger partial charge in [-0.25, -0.2) is 0 Å². The minimum Gasteiger partial charge on any atom is -0.324 e. The predicted molar refractivity (Wildman–Crippen MR) is 109 cm³/mol. The van der Waals surface area contributed by atoms with Gasteiger partial charge < -0.3 is 11.1 Å². The topological polar surface area (TPSA) is 72.2 Å². The van der Waals surface area contributed by atoms with E-state index in [1.807, 2.05) is 31.2 Å². The summed E-state index contributed by atoms with van der Waals surface area (Å²) in [5.41, 5.74) is 6.94. The molecule has 2 unspecified atom stereocenters. The number of hydrogen-bond acceptors (Lipinski definition) is 3. The van der Waals surface area contributed by atoms with Crippen LogP contribution in [0.4, 0.5) is 5.69 Å². The first-order valence-corrected chi connectivity index (χ1v) is 10.4. The number of halogens is 1. The normalized spacial score (nSPS) is 18.7. The molecule has 2 atom stereocenters. The van der Waals surface area contributed by atoms with Gasteiger partial charge in [0.15, 0.2) is 0 Å². The van der Waals surface area contributed by atoms with Gasteiger partial charge in [-0.2, -0.15) is 0 Å². The average Bonchev–Trinajstić information content (AvgIpc) is 2.56. The molecule has 0 spiro atoms. The first kappa shape index (κ1) is 22.1. The Morgan fingerprint density at radius 1 is 1.32 bits per heavy atom. The fraction of sp³-hybridized carbons (Fsp3) is 0.632. The molecular weight excluding hydrogens is 356 g/mol. The Hall–Kier alpha value is -0.910. The van der Waals surface area contributed by atoms with Crippen LogP contribution in [0.2, 0.25) is 0 Å². The van der Waals surface area contributed by atoms with Gasteiger partial charge in [0.2, 0.25) is 5.91 Å². The molecule has 142 valence electrons. The molecule has 1 aliphatic rings. The van der Waals surface area contributed by atoms with Crippen molar-refractivity contribution in [2.24, 2.45) is 5.73 Å². The molecule has 3 N–H and O–H groups in total. The maximum atomic E-state index is 12.5. The Morgan fingerprint density at radius 3 is 2.64 bits per heavy atom. The van der Waals surface area contributed by atoms with Crippen molar-refractivity contribution in [1.29, 1.82) is 0 Å². The Morgan fingerprint density at radius 2 is 2.00 bits per heavy atom. The van der Waals surface area contributed by atoms with E-state index in [0.717, 1.165) is 30.5 Å². The number of carbonyl (C=O) groups excluding carboxylic acids is 1. The van der Waals surface area contributed by atoms with Gasteiger partial charge in [-0.15, -0.1) is 12.4 Å². The average molecular weight is 387 g/mol. The third-order valence-corrected chi connectivity index (χ3v) is 6.54. The number of anilines is 1. The first-order chi connectivity index (χ1) is 11.4. The van der Waals surface area contributed by atoms with E-state index < -0.39 is 16.3 Å². The molecule has 1 fully saturated rings. The number of nitrogens with two attached hydrogens (primary N) is 1. The lowest BCUT2D eigenvalue weighted by Gasteiger charge is -2.23. The van der Waals surface area contributed by atoms with Crippen LogP contribution < -0.4 is 11.1 Å². The zero-order chi connectivity index (χ0) is 17.6. The van der Waals surface area contributed by atoms with E-state index in [4.69, 9.17) is 5.73 Å². The van der Waals surface area contributed by atoms with Crippen LogP contribution in [0.1, 0.15) is 64.4 Å². The molecule has 1 aromatic rings. The Balaban J connectivity index is 0.00000312. The fourth-order valence-electron chi connectivity index (χ4n) is 3.26. The minimum atomic E-state index is -0.865. The van der Waals surface area contributed by atoms with Crippen molar-refractivity contribution < 1.29 is 9.00 Å². The van der Waals surface area contributed by atoms with E-state index in [-0.39, 0.29) is 18.3 Å². The Labute approximate surface area is 160 Å². The van der Waals surface area contributed by atoms with Gasteiger partial charge in [0.25, 0.3) is 0 Å². The lowest BCUT2D eigenvalue weighted by Crippen LogP contribution is -2.48. The third kappa shape index (κ3) is 6.72. The molecule has 0 aromatic heterocycles. The number of hydrogen-bond donors (Lipinski definition) is 2. The van der Waals surface area contributed by atoms with Crippen molar-refractivity contribution in [2.45, 2.75) is 75.3 Å². The van der Waals surface area contributed by atoms with E-state index in [0.29, 0.717) is 17.4 Å². The zero-order valence-corrected chi connectivity index (χ0v) is 16.9. The summed E-state index contributed by atoms with van der Waals surface area (Å²) in [6.07, 6.45) is 7.31. The molecule has 6 heteroatoms. The molecule has 1 aliphatic carbocycles. The van der Waals surface area contributed by atoms with Crippen LogP contribution in [0.15, 0.2) is 24.3 Å². The standard InChI is InChI=1S/C19H30N2O2S.ClH/c1-3-12-19(2,20)18(22)21-16-9-7-8-15(13-16)14-24(23)17-10-5-4-6-11-17;/h7-9,13,17H,3-6,10-12,14,20H2,1-2H3,(H,21,22);1H. The maximum absolute atomic E-state index is 12.5. The van der Waals surface area contributed by atoms with Gasteiger partial charge in [-0.05, 0) is 43.9 Å². The quantitative estimate of drug-likeness (QED) is 0.739. The second-order valence-corrected chi connectivity index (χ2v) is 8.82. The maximum Gasteiger partial charge on any atom is 0.244 e. The molecule has 0 heterocycles. The number of rotatable bonds is 7. The molecule has 25 heavy (non-hydrogen) atoms. The van der Waals surface area contributed by atoms with Crippen molar-refractivity contribution in [3.8, 4) is 0 Å². The smallest absolute Gasteiger partial charge is 0.244 e. The van der Waals surface area contributed by atoms with Gasteiger partial charge in [-0.3, -0.25) is 9.00 Å². The third-order valence-electron chi connectivity index (χ3n) is 4.71. The van der Waals surface area contributed by atoms with Crippen molar-refractivity contribution in [3.05, 3.63) is 29.8 Å². The van der Waals surface area contributed by atoms with Crippen LogP contribution in [0, 0.1) is 0 Å². The predicted octanol–water partition coefficient (Wildman–Crippen LogP) is 4.15. The van der Waals surface area contributed by atoms with Gasteiger partial charge in [-0.1, -0.05) is 44.7 Å². The molecule has 1 saturated carbocycles. The van der Waals surface area contributed by atoms with E-state index in [9.17, 15) is 9.00 Å². The van der Waals surface area contributed by atoms with E-state index in [1.54, 1.807) is 6.92 Å². The minimum absolute atomic E-state index is 0. The molecular formula is C19H31ClN2O2S. The monoisotopic (exact) mass is 386 g/mol. The second kappa shape index (κ2) is 10.3. The van der Waals surface area contributed by atoms with Crippen molar-refractivity contribution in [1.82, 2.24) is 0 Å². The summed E-state index contributed by atoms with van der Waals surface area (Å²) >= 11 is 0. The highest BCUT2D eigenvalue weighted by molar-refractivity contribution is 7.84. The SMILES string of the molecule is CCCC(C)(N)C(=O)Nc1cccc(CS(=O)C2CCCCC2)c1.Cl. The Bertz CT molecular complexity index is 587. The lowest BCUT2D eigenvalue weighted by molar-refractivity contribution is -0.120. The zero-order valence-electron chi connectivity index (χ0n) is 15.3. The van der Waals surface area contributed by atoms with Gasteiger partial charge >= 0.3 is 0 Å². The summed E-state index contributed by atoms with van der Waals surface area (Å²) in [6.45, 7) is 3.77. The number of amides is 1. The summed E-state index contributed by atoms with van der Waals surface area (Å²) in [4.78, 5) is 12.3. The summed E-state index contributed by atoms with van der Waals surface area (Å²) in [5, 5.41) is 3.22. The fourth-order valence-corrected chi connectivity index (χ4v) is 4.86. The highest BCUT2D eigenvalue weighted by atomic mass is 35.5. The molecule has 0 aliphatic heterocycles. The number of nitrogens with one attached hydrogen (secondary N) is 1. The molecule has 1 aromatic carbocycles. The van der Waals surface area contributed by atoms with Crippen LogP contribution in [0.25, 0.3) is 0 Å². The van der Waals surface area contributed by atoms with Crippen molar-refractivity contribution in [3.63, 3.8) is 0 Å². The Kier molecular flexibility index (Phi) is 9.11. The summed E-state index contributed by atoms with van der Waals surface area (Å²) < 4.78 is 12.5. The highest BCUT2D eigenvalue weighted by Crippen LogP contribution is 2.24. The molecule has 0 radical (unpaired) electrons. The number of benzene rings is 1. The lowest BCUT2D eigenvalue weighted by atomic mass is 9.96. The van der Waals surface area contributed by atoms with E-state index in [1.165, 1.54) is 19.3 Å². The summed E-state index contributed by atoms with van der Waals surface area (Å²) in [6, 6.07) is 7.65. The second-order valence-electron chi connectivity index (χ2n) is 7.11. The largest absolute Gasteiger partial charge is 0.324 e. The molecule has 1 amide bonds. The molecule has 0 saturated heterocycles. The number of carbonyl (C=O) groups is 1. The van der Waals surface area contributed by atoms with Crippen LogP contribution in [0.5, 0.6) is 0 Å². The van der Waals surface area contributed by atoms with Crippen LogP contribution >= 0.6 is 12.4 Å². The van der Waals surface area contributed by atoms with E-state index in [2.05, 4.69) is 5.32 Å². The van der Waals surface area contributed by atoms with Crippen LogP contribution in [-0.4, -0.2) is 20.9 Å². The van der Waals surface area contributed by atoms with Crippen LogP contribution in [-0.2, 0) is 21.3 Å². The summed E-state index contributed by atoms with van der Waals surface area (Å²) in [5.74, 6) is 0.387. The summed E-state index contributed by atoms with van der Waals surface area (Å²) in [7, 11) is -0.836. The molecule has 0 bridgehead atoms. The van der Waals surface area contributed by atoms with Crippen molar-refractivity contribution in [2.75, 3.05) is 5.32 Å². The van der Waals surface area contributed by atoms with Gasteiger partial charge in [0.1, 0.15) is 0 Å². The van der Waals surface area contributed by atoms with Gasteiger partial charge in [0, 0.05) is 27.5 Å². The van der Waals surface area contributed by atoms with Crippen molar-refractivity contribution >= 4 is 34.8 Å².